The summed E-state index contributed by atoms with van der Waals surface area (Å²) in [6.45, 7) is 7.59. The molecule has 1 atom stereocenters. The van der Waals surface area contributed by atoms with E-state index in [-0.39, 0.29) is 16.9 Å². The largest absolute Gasteiger partial charge is 0.478 e. The molecular weight excluding hydrogens is 270 g/mol. The molecule has 6 nitrogen and oxygen atoms in total. The molecule has 0 fully saturated rings. The first-order chi connectivity index (χ1) is 9.52. The van der Waals surface area contributed by atoms with E-state index in [9.17, 15) is 14.7 Å². The van der Waals surface area contributed by atoms with Gasteiger partial charge in [-0.1, -0.05) is 20.8 Å². The highest BCUT2D eigenvalue weighted by atomic mass is 16.4. The quantitative estimate of drug-likeness (QED) is 0.887. The van der Waals surface area contributed by atoms with Crippen LogP contribution in [0.15, 0.2) is 12.1 Å². The Morgan fingerprint density at radius 1 is 1.29 bits per heavy atom. The number of nitrogens with zero attached hydrogens (tertiary/aromatic N) is 2. The highest BCUT2D eigenvalue weighted by molar-refractivity contribution is 5.89. The second kappa shape index (κ2) is 6.11. The number of pyridine rings is 1. The molecule has 0 saturated carbocycles. The van der Waals surface area contributed by atoms with Crippen molar-refractivity contribution in [3.63, 3.8) is 0 Å². The first-order valence-corrected chi connectivity index (χ1v) is 6.76. The second-order valence-electron chi connectivity index (χ2n) is 6.28. The zero-order valence-electron chi connectivity index (χ0n) is 13.4. The third-order valence-corrected chi connectivity index (χ3v) is 3.02. The fraction of sp³-hybridized carbons (Fsp3) is 0.533. The van der Waals surface area contributed by atoms with Gasteiger partial charge in [-0.3, -0.25) is 4.79 Å². The Morgan fingerprint density at radius 3 is 2.29 bits per heavy atom. The Morgan fingerprint density at radius 2 is 1.86 bits per heavy atom. The van der Waals surface area contributed by atoms with E-state index in [4.69, 9.17) is 0 Å². The second-order valence-corrected chi connectivity index (χ2v) is 6.28. The number of nitrogens with one attached hydrogen (secondary N) is 1. The predicted molar refractivity (Wildman–Crippen MR) is 81.7 cm³/mol. The SMILES string of the molecule is CC(Nc1cc(C(=O)O)cc(C(C)(C)C)n1)C(=O)N(C)C. The van der Waals surface area contributed by atoms with Gasteiger partial charge in [0.15, 0.2) is 0 Å². The maximum atomic E-state index is 11.9. The number of carboxylic acid groups (broad SMARTS) is 1. The molecule has 0 spiro atoms. The van der Waals surface area contributed by atoms with Crippen molar-refractivity contribution in [3.8, 4) is 0 Å². The minimum Gasteiger partial charge on any atom is -0.478 e. The van der Waals surface area contributed by atoms with Gasteiger partial charge in [0.05, 0.1) is 5.56 Å². The van der Waals surface area contributed by atoms with Crippen LogP contribution in [0.5, 0.6) is 0 Å². The molecule has 1 unspecified atom stereocenters. The van der Waals surface area contributed by atoms with E-state index in [0.717, 1.165) is 0 Å². The minimum absolute atomic E-state index is 0.102. The molecule has 1 heterocycles. The normalized spacial score (nSPS) is 12.7. The van der Waals surface area contributed by atoms with Crippen LogP contribution in [0.1, 0.15) is 43.7 Å². The van der Waals surface area contributed by atoms with Gasteiger partial charge in [0.25, 0.3) is 0 Å². The average Bonchev–Trinajstić information content (AvgIpc) is 2.36. The molecule has 0 aliphatic heterocycles. The third kappa shape index (κ3) is 4.44. The first-order valence-electron chi connectivity index (χ1n) is 6.76. The standard InChI is InChI=1S/C15H23N3O3/c1-9(13(19)18(5)6)16-12-8-10(14(20)21)7-11(17-12)15(2,3)4/h7-9H,1-6H3,(H,16,17)(H,20,21). The van der Waals surface area contributed by atoms with Crippen molar-refractivity contribution in [2.75, 3.05) is 19.4 Å². The number of hydrogen-bond acceptors (Lipinski definition) is 4. The summed E-state index contributed by atoms with van der Waals surface area (Å²) < 4.78 is 0. The zero-order chi connectivity index (χ0) is 16.4. The molecule has 1 amide bonds. The van der Waals surface area contributed by atoms with Crippen LogP contribution in [-0.4, -0.2) is 47.0 Å². The summed E-state index contributed by atoms with van der Waals surface area (Å²) in [5, 5.41) is 12.2. The molecule has 0 bridgehead atoms. The van der Waals surface area contributed by atoms with Gasteiger partial charge < -0.3 is 15.3 Å². The van der Waals surface area contributed by atoms with Crippen LogP contribution in [0, 0.1) is 0 Å². The molecule has 6 heteroatoms. The van der Waals surface area contributed by atoms with E-state index < -0.39 is 12.0 Å². The summed E-state index contributed by atoms with van der Waals surface area (Å²) in [6.07, 6.45) is 0. The molecule has 1 aromatic rings. The van der Waals surface area contributed by atoms with Crippen LogP contribution in [-0.2, 0) is 10.2 Å². The van der Waals surface area contributed by atoms with Crippen molar-refractivity contribution in [2.45, 2.75) is 39.2 Å². The topological polar surface area (TPSA) is 82.5 Å². The molecule has 0 aliphatic rings. The van der Waals surface area contributed by atoms with E-state index in [1.165, 1.54) is 11.0 Å². The Labute approximate surface area is 125 Å². The monoisotopic (exact) mass is 293 g/mol. The van der Waals surface area contributed by atoms with Gasteiger partial charge in [0, 0.05) is 25.2 Å². The number of aromatic nitrogens is 1. The molecule has 1 aromatic heterocycles. The van der Waals surface area contributed by atoms with Gasteiger partial charge in [-0.25, -0.2) is 9.78 Å². The number of carbonyl (C=O) groups excluding carboxylic acids is 1. The van der Waals surface area contributed by atoms with Crippen LogP contribution in [0.25, 0.3) is 0 Å². The van der Waals surface area contributed by atoms with Crippen molar-refractivity contribution in [3.05, 3.63) is 23.4 Å². The summed E-state index contributed by atoms with van der Waals surface area (Å²) in [4.78, 5) is 29.0. The van der Waals surface area contributed by atoms with Crippen molar-refractivity contribution < 1.29 is 14.7 Å². The molecule has 0 saturated heterocycles. The minimum atomic E-state index is -1.02. The van der Waals surface area contributed by atoms with Crippen LogP contribution >= 0.6 is 0 Å². The van der Waals surface area contributed by atoms with Crippen molar-refractivity contribution >= 4 is 17.7 Å². The van der Waals surface area contributed by atoms with E-state index in [2.05, 4.69) is 10.3 Å². The molecule has 0 radical (unpaired) electrons. The fourth-order valence-electron chi connectivity index (χ4n) is 1.78. The van der Waals surface area contributed by atoms with E-state index in [0.29, 0.717) is 11.5 Å². The number of carbonyl (C=O) groups is 2. The molecule has 2 N–H and O–H groups in total. The lowest BCUT2D eigenvalue weighted by atomic mass is 9.90. The van der Waals surface area contributed by atoms with Crippen LogP contribution in [0.4, 0.5) is 5.82 Å². The lowest BCUT2D eigenvalue weighted by molar-refractivity contribution is -0.129. The van der Waals surface area contributed by atoms with Gasteiger partial charge >= 0.3 is 5.97 Å². The number of carboxylic acids is 1. The number of amides is 1. The Kier molecular flexibility index (Phi) is 4.93. The van der Waals surface area contributed by atoms with Gasteiger partial charge in [-0.15, -0.1) is 0 Å². The van der Waals surface area contributed by atoms with Gasteiger partial charge in [-0.05, 0) is 19.1 Å². The smallest absolute Gasteiger partial charge is 0.335 e. The molecule has 21 heavy (non-hydrogen) atoms. The molecule has 0 aromatic carbocycles. The van der Waals surface area contributed by atoms with Crippen molar-refractivity contribution in [1.29, 1.82) is 0 Å². The van der Waals surface area contributed by atoms with E-state index >= 15 is 0 Å². The molecule has 0 aliphatic carbocycles. The van der Waals surface area contributed by atoms with Crippen LogP contribution < -0.4 is 5.32 Å². The predicted octanol–water partition coefficient (Wildman–Crippen LogP) is 1.97. The number of likely N-dealkylation sites (N-methyl/N-ethyl adjacent to an activating group) is 1. The maximum Gasteiger partial charge on any atom is 0.335 e. The molecule has 116 valence electrons. The van der Waals surface area contributed by atoms with E-state index in [1.807, 2.05) is 20.8 Å². The summed E-state index contributed by atoms with van der Waals surface area (Å²) in [5.74, 6) is -0.727. The highest BCUT2D eigenvalue weighted by Gasteiger charge is 2.21. The van der Waals surface area contributed by atoms with Crippen molar-refractivity contribution in [2.24, 2.45) is 0 Å². The summed E-state index contributed by atoms with van der Waals surface area (Å²) >= 11 is 0. The van der Waals surface area contributed by atoms with Crippen LogP contribution in [0.3, 0.4) is 0 Å². The zero-order valence-corrected chi connectivity index (χ0v) is 13.4. The van der Waals surface area contributed by atoms with Crippen LogP contribution in [0.2, 0.25) is 0 Å². The Bertz CT molecular complexity index is 548. The number of hydrogen-bond donors (Lipinski definition) is 2. The lowest BCUT2D eigenvalue weighted by Gasteiger charge is -2.22. The van der Waals surface area contributed by atoms with Crippen molar-refractivity contribution in [1.82, 2.24) is 9.88 Å². The number of anilines is 1. The Balaban J connectivity index is 3.15. The van der Waals surface area contributed by atoms with Gasteiger partial charge in [0.1, 0.15) is 11.9 Å². The summed E-state index contributed by atoms with van der Waals surface area (Å²) in [5.41, 5.74) is 0.535. The van der Waals surface area contributed by atoms with Gasteiger partial charge in [0.2, 0.25) is 5.91 Å². The number of aromatic carboxylic acids is 1. The fourth-order valence-corrected chi connectivity index (χ4v) is 1.78. The third-order valence-electron chi connectivity index (χ3n) is 3.02. The summed E-state index contributed by atoms with van der Waals surface area (Å²) in [7, 11) is 3.34. The average molecular weight is 293 g/mol. The number of rotatable bonds is 4. The van der Waals surface area contributed by atoms with E-state index in [1.54, 1.807) is 27.1 Å². The van der Waals surface area contributed by atoms with Gasteiger partial charge in [-0.2, -0.15) is 0 Å². The first kappa shape index (κ1) is 16.9. The Hall–Kier alpha value is -2.11. The maximum absolute atomic E-state index is 11.9. The summed E-state index contributed by atoms with van der Waals surface area (Å²) in [6, 6.07) is 2.52. The molecule has 1 rings (SSSR count). The molecular formula is C15H23N3O3. The lowest BCUT2D eigenvalue weighted by Crippen LogP contribution is -2.37. The highest BCUT2D eigenvalue weighted by Crippen LogP contribution is 2.23.